The molecule has 2 aromatic rings. The first kappa shape index (κ1) is 16.0. The molecule has 0 spiro atoms. The molecule has 0 radical (unpaired) electrons. The van der Waals surface area contributed by atoms with Gasteiger partial charge in [-0.2, -0.15) is 5.26 Å². The highest BCUT2D eigenvalue weighted by atomic mass is 16.6. The Hall–Kier alpha value is -3.40. The number of amides is 1. The molecule has 0 aliphatic heterocycles. The Morgan fingerprint density at radius 3 is 2.52 bits per heavy atom. The van der Waals surface area contributed by atoms with Gasteiger partial charge in [0, 0.05) is 12.1 Å². The summed E-state index contributed by atoms with van der Waals surface area (Å²) in [5, 5.41) is 22.2. The van der Waals surface area contributed by atoms with E-state index in [2.05, 4.69) is 5.32 Å². The maximum Gasteiger partial charge on any atom is 0.269 e. The lowest BCUT2D eigenvalue weighted by atomic mass is 10.2. The number of non-ortho nitro benzene ring substituents is 1. The van der Waals surface area contributed by atoms with Crippen LogP contribution in [0.15, 0.2) is 48.5 Å². The molecule has 1 amide bonds. The van der Waals surface area contributed by atoms with E-state index in [1.807, 2.05) is 6.07 Å². The highest BCUT2D eigenvalue weighted by Crippen LogP contribution is 2.19. The summed E-state index contributed by atoms with van der Waals surface area (Å²) in [5.41, 5.74) is 0.694. The van der Waals surface area contributed by atoms with Crippen LogP contribution in [0.1, 0.15) is 12.5 Å². The summed E-state index contributed by atoms with van der Waals surface area (Å²) < 4.78 is 5.44. The van der Waals surface area contributed by atoms with Crippen LogP contribution in [-0.4, -0.2) is 16.9 Å². The van der Waals surface area contributed by atoms with Gasteiger partial charge in [0.05, 0.1) is 16.2 Å². The third-order valence-corrected chi connectivity index (χ3v) is 3.04. The second-order valence-corrected chi connectivity index (χ2v) is 4.66. The molecule has 2 rings (SSSR count). The molecule has 1 atom stereocenters. The summed E-state index contributed by atoms with van der Waals surface area (Å²) in [5.74, 6) is -0.0853. The van der Waals surface area contributed by atoms with Gasteiger partial charge in [-0.25, -0.2) is 0 Å². The average Bonchev–Trinajstić information content (AvgIpc) is 2.55. The van der Waals surface area contributed by atoms with E-state index in [-0.39, 0.29) is 5.69 Å². The summed E-state index contributed by atoms with van der Waals surface area (Å²) in [6, 6.07) is 14.0. The normalized spacial score (nSPS) is 11.1. The quantitative estimate of drug-likeness (QED) is 0.675. The number of hydrogen-bond acceptors (Lipinski definition) is 5. The Labute approximate surface area is 132 Å². The maximum absolute atomic E-state index is 12.1. The van der Waals surface area contributed by atoms with Crippen molar-refractivity contribution in [2.24, 2.45) is 0 Å². The summed E-state index contributed by atoms with van der Waals surface area (Å²) in [6.07, 6.45) is -0.830. The molecule has 2 aromatic carbocycles. The summed E-state index contributed by atoms with van der Waals surface area (Å²) in [6.45, 7) is 1.55. The fourth-order valence-electron chi connectivity index (χ4n) is 1.83. The van der Waals surface area contributed by atoms with Crippen molar-refractivity contribution in [3.8, 4) is 11.8 Å². The molecule has 0 heterocycles. The zero-order chi connectivity index (χ0) is 16.8. The molecule has 0 aromatic heterocycles. The van der Waals surface area contributed by atoms with Crippen molar-refractivity contribution in [2.75, 3.05) is 5.32 Å². The molecule has 0 saturated carbocycles. The lowest BCUT2D eigenvalue weighted by Crippen LogP contribution is -2.30. The van der Waals surface area contributed by atoms with Gasteiger partial charge in [0.25, 0.3) is 11.6 Å². The molecule has 0 bridgehead atoms. The Morgan fingerprint density at radius 2 is 1.91 bits per heavy atom. The van der Waals surface area contributed by atoms with Gasteiger partial charge in [-0.05, 0) is 31.2 Å². The second kappa shape index (κ2) is 7.04. The third-order valence-electron chi connectivity index (χ3n) is 3.04. The largest absolute Gasteiger partial charge is 0.481 e. The second-order valence-electron chi connectivity index (χ2n) is 4.66. The predicted octanol–water partition coefficient (Wildman–Crippen LogP) is 2.87. The molecule has 0 aliphatic rings. The minimum Gasteiger partial charge on any atom is -0.481 e. The number of hydrogen-bond donors (Lipinski definition) is 1. The van der Waals surface area contributed by atoms with Crippen LogP contribution in [0, 0.1) is 21.4 Å². The van der Waals surface area contributed by atoms with E-state index < -0.39 is 16.9 Å². The minimum absolute atomic E-state index is 0.0580. The number of carbonyl (C=O) groups excluding carboxylic acids is 1. The van der Waals surface area contributed by atoms with Gasteiger partial charge >= 0.3 is 0 Å². The number of nitrogens with zero attached hydrogens (tertiary/aromatic N) is 2. The number of para-hydroxylation sites is 1. The number of nitro groups is 1. The van der Waals surface area contributed by atoms with Crippen LogP contribution in [0.5, 0.6) is 5.75 Å². The first-order valence-corrected chi connectivity index (χ1v) is 6.72. The molecule has 0 saturated heterocycles. The molecule has 1 N–H and O–H groups in total. The van der Waals surface area contributed by atoms with E-state index in [0.29, 0.717) is 17.0 Å². The standard InChI is InChI=1S/C16H13N3O4/c1-11(23-14-8-6-13(7-9-14)19(21)22)16(20)18-15-5-3-2-4-12(15)10-17/h2-9,11H,1H3,(H,18,20). The van der Waals surface area contributed by atoms with Gasteiger partial charge in [0.2, 0.25) is 0 Å². The van der Waals surface area contributed by atoms with Gasteiger partial charge in [0.1, 0.15) is 11.8 Å². The molecule has 23 heavy (non-hydrogen) atoms. The van der Waals surface area contributed by atoms with Crippen molar-refractivity contribution in [3.63, 3.8) is 0 Å². The van der Waals surface area contributed by atoms with Crippen LogP contribution in [0.4, 0.5) is 11.4 Å². The van der Waals surface area contributed by atoms with E-state index in [9.17, 15) is 14.9 Å². The smallest absolute Gasteiger partial charge is 0.269 e. The van der Waals surface area contributed by atoms with Gasteiger partial charge in [0.15, 0.2) is 6.10 Å². The SMILES string of the molecule is CC(Oc1ccc([N+](=O)[O-])cc1)C(=O)Nc1ccccc1C#N. The van der Waals surface area contributed by atoms with Crippen molar-refractivity contribution in [1.29, 1.82) is 5.26 Å². The van der Waals surface area contributed by atoms with Gasteiger partial charge in [-0.3, -0.25) is 14.9 Å². The minimum atomic E-state index is -0.830. The van der Waals surface area contributed by atoms with E-state index in [1.165, 1.54) is 24.3 Å². The molecule has 7 heteroatoms. The van der Waals surface area contributed by atoms with E-state index in [1.54, 1.807) is 31.2 Å². The summed E-state index contributed by atoms with van der Waals surface area (Å²) in [7, 11) is 0. The first-order chi connectivity index (χ1) is 11.0. The van der Waals surface area contributed by atoms with E-state index >= 15 is 0 Å². The van der Waals surface area contributed by atoms with Crippen LogP contribution in [0.25, 0.3) is 0 Å². The van der Waals surface area contributed by atoms with Gasteiger partial charge < -0.3 is 10.1 Å². The zero-order valence-corrected chi connectivity index (χ0v) is 12.2. The van der Waals surface area contributed by atoms with E-state index in [0.717, 1.165) is 0 Å². The molecule has 116 valence electrons. The monoisotopic (exact) mass is 311 g/mol. The fraction of sp³-hybridized carbons (Fsp3) is 0.125. The van der Waals surface area contributed by atoms with Crippen molar-refractivity contribution >= 4 is 17.3 Å². The molecule has 0 fully saturated rings. The number of nitrogens with one attached hydrogen (secondary N) is 1. The van der Waals surface area contributed by atoms with E-state index in [4.69, 9.17) is 10.00 Å². The number of anilines is 1. The lowest BCUT2D eigenvalue weighted by Gasteiger charge is -2.15. The fourth-order valence-corrected chi connectivity index (χ4v) is 1.83. The Bertz CT molecular complexity index is 766. The number of rotatable bonds is 5. The molecule has 7 nitrogen and oxygen atoms in total. The molecule has 1 unspecified atom stereocenters. The predicted molar refractivity (Wildman–Crippen MR) is 83.0 cm³/mol. The first-order valence-electron chi connectivity index (χ1n) is 6.72. The summed E-state index contributed by atoms with van der Waals surface area (Å²) in [4.78, 5) is 22.2. The van der Waals surface area contributed by atoms with Crippen molar-refractivity contribution in [3.05, 3.63) is 64.2 Å². The Morgan fingerprint density at radius 1 is 1.26 bits per heavy atom. The third kappa shape index (κ3) is 4.04. The number of carbonyl (C=O) groups is 1. The molecular formula is C16H13N3O4. The van der Waals surface area contributed by atoms with Crippen molar-refractivity contribution in [1.82, 2.24) is 0 Å². The topological polar surface area (TPSA) is 105 Å². The Kier molecular flexibility index (Phi) is 4.89. The molecular weight excluding hydrogens is 298 g/mol. The van der Waals surface area contributed by atoms with Gasteiger partial charge in [-0.1, -0.05) is 12.1 Å². The average molecular weight is 311 g/mol. The van der Waals surface area contributed by atoms with Crippen LogP contribution < -0.4 is 10.1 Å². The number of nitro benzene ring substituents is 1. The molecule has 0 aliphatic carbocycles. The number of nitriles is 1. The maximum atomic E-state index is 12.1. The van der Waals surface area contributed by atoms with Crippen LogP contribution in [0.3, 0.4) is 0 Å². The number of ether oxygens (including phenoxy) is 1. The van der Waals surface area contributed by atoms with Crippen LogP contribution in [0.2, 0.25) is 0 Å². The zero-order valence-electron chi connectivity index (χ0n) is 12.2. The summed E-state index contributed by atoms with van der Waals surface area (Å²) >= 11 is 0. The van der Waals surface area contributed by atoms with Crippen molar-refractivity contribution < 1.29 is 14.5 Å². The number of benzene rings is 2. The Balaban J connectivity index is 2.02. The van der Waals surface area contributed by atoms with Crippen LogP contribution >= 0.6 is 0 Å². The lowest BCUT2D eigenvalue weighted by molar-refractivity contribution is -0.384. The highest BCUT2D eigenvalue weighted by Gasteiger charge is 2.16. The van der Waals surface area contributed by atoms with Crippen LogP contribution in [-0.2, 0) is 4.79 Å². The van der Waals surface area contributed by atoms with Crippen molar-refractivity contribution in [2.45, 2.75) is 13.0 Å². The van der Waals surface area contributed by atoms with Gasteiger partial charge in [-0.15, -0.1) is 0 Å². The highest BCUT2D eigenvalue weighted by molar-refractivity contribution is 5.95.